The molecule has 0 aromatic heterocycles. The molecule has 0 aromatic carbocycles. The van der Waals surface area contributed by atoms with Gasteiger partial charge in [-0.1, -0.05) is 66.5 Å². The maximum Gasteiger partial charge on any atom is 0.0593 e. The van der Waals surface area contributed by atoms with E-state index >= 15 is 0 Å². The van der Waals surface area contributed by atoms with Crippen LogP contribution in [0.2, 0.25) is 0 Å². The third-order valence-corrected chi connectivity index (χ3v) is 7.06. The van der Waals surface area contributed by atoms with E-state index in [9.17, 15) is 10.2 Å². The Morgan fingerprint density at radius 3 is 2.21 bits per heavy atom. The van der Waals surface area contributed by atoms with Gasteiger partial charge in [0.2, 0.25) is 0 Å². The van der Waals surface area contributed by atoms with Crippen molar-refractivity contribution in [3.8, 4) is 0 Å². The molecule has 3 N–H and O–H groups in total. The normalized spacial score (nSPS) is 28.7. The van der Waals surface area contributed by atoms with Gasteiger partial charge in [0.05, 0.1) is 12.2 Å². The minimum Gasteiger partial charge on any atom is -0.396 e. The summed E-state index contributed by atoms with van der Waals surface area (Å²) >= 11 is 0. The largest absolute Gasteiger partial charge is 0.396 e. The number of rotatable bonds is 11. The smallest absolute Gasteiger partial charge is 0.0593 e. The Labute approximate surface area is 182 Å². The number of aliphatic hydroxyl groups is 3. The zero-order chi connectivity index (χ0) is 22.3. The molecule has 0 heterocycles. The van der Waals surface area contributed by atoms with Crippen LogP contribution in [-0.4, -0.2) is 34.1 Å². The third kappa shape index (κ3) is 9.53. The molecule has 3 nitrogen and oxygen atoms in total. The highest BCUT2D eigenvalue weighted by molar-refractivity contribution is 4.95. The molecular formula is C26H52O3. The molecule has 0 aromatic rings. The van der Waals surface area contributed by atoms with Crippen LogP contribution in [0.4, 0.5) is 0 Å². The molecule has 0 bridgehead atoms. The summed E-state index contributed by atoms with van der Waals surface area (Å²) in [5.74, 6) is 1.54. The van der Waals surface area contributed by atoms with Crippen molar-refractivity contribution in [3.63, 3.8) is 0 Å². The molecule has 0 radical (unpaired) electrons. The Balaban J connectivity index is 0.00000184. The first-order valence-corrected chi connectivity index (χ1v) is 12.6. The summed E-state index contributed by atoms with van der Waals surface area (Å²) in [5, 5.41) is 29.7. The summed E-state index contributed by atoms with van der Waals surface area (Å²) in [4.78, 5) is 0. The minimum absolute atomic E-state index is 0.146. The van der Waals surface area contributed by atoms with E-state index in [1.54, 1.807) is 0 Å². The summed E-state index contributed by atoms with van der Waals surface area (Å²) < 4.78 is 0. The molecule has 3 heteroatoms. The van der Waals surface area contributed by atoms with E-state index in [2.05, 4.69) is 26.0 Å². The lowest BCUT2D eigenvalue weighted by Gasteiger charge is -2.42. The average molecular weight is 413 g/mol. The number of aliphatic hydroxyl groups excluding tert-OH is 3. The van der Waals surface area contributed by atoms with Crippen LogP contribution in [-0.2, 0) is 0 Å². The van der Waals surface area contributed by atoms with Crippen LogP contribution in [0.15, 0.2) is 12.2 Å². The Morgan fingerprint density at radius 1 is 1.00 bits per heavy atom. The van der Waals surface area contributed by atoms with Gasteiger partial charge in [-0.3, -0.25) is 0 Å². The number of hydrogen-bond donors (Lipinski definition) is 3. The lowest BCUT2D eigenvalue weighted by Crippen LogP contribution is -2.38. The van der Waals surface area contributed by atoms with Crippen LogP contribution in [0.3, 0.4) is 0 Å². The van der Waals surface area contributed by atoms with Gasteiger partial charge in [0, 0.05) is 6.61 Å². The summed E-state index contributed by atoms with van der Waals surface area (Å²) in [7, 11) is 0. The predicted molar refractivity (Wildman–Crippen MR) is 126 cm³/mol. The second-order valence-electron chi connectivity index (χ2n) is 8.99. The number of allylic oxidation sites excluding steroid dienone is 2. The molecule has 0 spiro atoms. The number of unbranched alkanes of at least 4 members (excludes halogenated alkanes) is 2. The van der Waals surface area contributed by atoms with Gasteiger partial charge in [-0.2, -0.15) is 0 Å². The molecule has 2 rings (SSSR count). The maximum absolute atomic E-state index is 10.5. The fourth-order valence-corrected chi connectivity index (χ4v) is 4.98. The molecule has 0 aliphatic heterocycles. The van der Waals surface area contributed by atoms with E-state index in [0.717, 1.165) is 51.4 Å². The van der Waals surface area contributed by atoms with Crippen LogP contribution in [0.5, 0.6) is 0 Å². The van der Waals surface area contributed by atoms with Gasteiger partial charge in [0.1, 0.15) is 0 Å². The second-order valence-corrected chi connectivity index (χ2v) is 8.99. The lowest BCUT2D eigenvalue weighted by molar-refractivity contribution is -0.0270. The molecule has 2 fully saturated rings. The van der Waals surface area contributed by atoms with Crippen molar-refractivity contribution in [2.24, 2.45) is 23.2 Å². The first kappa shape index (κ1) is 28.6. The van der Waals surface area contributed by atoms with Gasteiger partial charge in [0.15, 0.2) is 0 Å². The zero-order valence-electron chi connectivity index (χ0n) is 20.4. The van der Waals surface area contributed by atoms with Crippen molar-refractivity contribution in [2.75, 3.05) is 6.61 Å². The Bertz CT molecular complexity index is 403. The topological polar surface area (TPSA) is 60.7 Å². The van der Waals surface area contributed by atoms with E-state index in [1.165, 1.54) is 19.3 Å². The van der Waals surface area contributed by atoms with Crippen molar-refractivity contribution in [1.29, 1.82) is 0 Å². The molecule has 0 amide bonds. The first-order chi connectivity index (χ1) is 14.0. The van der Waals surface area contributed by atoms with Crippen molar-refractivity contribution < 1.29 is 15.3 Å². The van der Waals surface area contributed by atoms with E-state index < -0.39 is 0 Å². The molecular weight excluding hydrogens is 360 g/mol. The highest BCUT2D eigenvalue weighted by Crippen LogP contribution is 2.46. The minimum atomic E-state index is -0.170. The van der Waals surface area contributed by atoms with E-state index in [1.807, 2.05) is 27.7 Å². The second kappa shape index (κ2) is 16.3. The van der Waals surface area contributed by atoms with Crippen molar-refractivity contribution in [3.05, 3.63) is 12.2 Å². The fourth-order valence-electron chi connectivity index (χ4n) is 4.98. The summed E-state index contributed by atoms with van der Waals surface area (Å²) in [5.41, 5.74) is 0.178. The molecule has 2 aliphatic carbocycles. The summed E-state index contributed by atoms with van der Waals surface area (Å²) in [6.07, 6.45) is 15.7. The fraction of sp³-hybridized carbons (Fsp3) is 0.923. The van der Waals surface area contributed by atoms with Crippen LogP contribution in [0.1, 0.15) is 112 Å². The molecule has 2 aliphatic rings. The predicted octanol–water partition coefficient (Wildman–Crippen LogP) is 6.50. The van der Waals surface area contributed by atoms with Crippen molar-refractivity contribution in [1.82, 2.24) is 0 Å². The van der Waals surface area contributed by atoms with E-state index in [0.29, 0.717) is 17.8 Å². The Hall–Kier alpha value is -0.380. The quantitative estimate of drug-likeness (QED) is 0.268. The van der Waals surface area contributed by atoms with Crippen molar-refractivity contribution >= 4 is 0 Å². The van der Waals surface area contributed by atoms with Gasteiger partial charge in [-0.25, -0.2) is 0 Å². The van der Waals surface area contributed by atoms with E-state index in [4.69, 9.17) is 5.11 Å². The number of hydrogen-bond acceptors (Lipinski definition) is 3. The summed E-state index contributed by atoms with van der Waals surface area (Å²) in [6.45, 7) is 12.8. The first-order valence-electron chi connectivity index (χ1n) is 12.6. The van der Waals surface area contributed by atoms with Crippen LogP contribution in [0.25, 0.3) is 0 Å². The highest BCUT2D eigenvalue weighted by atomic mass is 16.3. The standard InChI is InChI=1S/C22H40O3.2C2H6/c1-17-16-20(24)19(10-6-4-3-5-7-15-23)18(17)11-8-12-21(25)22(2)13-9-14-22;2*1-2/h4,6,17-21,23-25H,3,5,7-16H2,1-2H3;2*1-2H3/b6-4-;;/t17-,18+,19-,20?,21?;;/m1../s1. The Morgan fingerprint density at radius 2 is 1.66 bits per heavy atom. The van der Waals surface area contributed by atoms with Gasteiger partial charge < -0.3 is 15.3 Å². The molecule has 29 heavy (non-hydrogen) atoms. The third-order valence-electron chi connectivity index (χ3n) is 7.06. The van der Waals surface area contributed by atoms with Gasteiger partial charge in [0.25, 0.3) is 0 Å². The van der Waals surface area contributed by atoms with Crippen molar-refractivity contribution in [2.45, 2.75) is 124 Å². The molecule has 2 unspecified atom stereocenters. The molecule has 2 saturated carbocycles. The molecule has 5 atom stereocenters. The molecule has 0 saturated heterocycles. The van der Waals surface area contributed by atoms with Crippen LogP contribution in [0, 0.1) is 23.2 Å². The van der Waals surface area contributed by atoms with Gasteiger partial charge in [-0.15, -0.1) is 0 Å². The average Bonchev–Trinajstić information content (AvgIpc) is 2.98. The maximum atomic E-state index is 10.5. The monoisotopic (exact) mass is 412 g/mol. The SMILES string of the molecule is CC.CC.C[C@@H]1CC(O)[C@H](C/C=C\CCCCO)[C@H]1CCCC(O)C1(C)CCC1. The van der Waals surface area contributed by atoms with E-state index in [-0.39, 0.29) is 24.2 Å². The van der Waals surface area contributed by atoms with Crippen LogP contribution >= 0.6 is 0 Å². The van der Waals surface area contributed by atoms with Gasteiger partial charge >= 0.3 is 0 Å². The highest BCUT2D eigenvalue weighted by Gasteiger charge is 2.40. The molecule has 174 valence electrons. The lowest BCUT2D eigenvalue weighted by atomic mass is 9.65. The van der Waals surface area contributed by atoms with Crippen LogP contribution < -0.4 is 0 Å². The Kier molecular flexibility index (Phi) is 16.1. The zero-order valence-corrected chi connectivity index (χ0v) is 20.4. The summed E-state index contributed by atoms with van der Waals surface area (Å²) in [6, 6.07) is 0. The van der Waals surface area contributed by atoms with Gasteiger partial charge in [-0.05, 0) is 81.0 Å².